The molecule has 0 spiro atoms. The molecule has 1 aliphatic heterocycles. The third kappa shape index (κ3) is 6.65. The molecule has 1 atom stereocenters. The molecule has 7 heteroatoms. The Hall–Kier alpha value is -2.38. The number of hydrogen-bond donors (Lipinski definition) is 2. The fraction of sp³-hybridized carbons (Fsp3) is 0.524. The minimum atomic E-state index is 0.296. The Morgan fingerprint density at radius 1 is 1.36 bits per heavy atom. The third-order valence-corrected chi connectivity index (χ3v) is 4.53. The van der Waals surface area contributed by atoms with Crippen molar-refractivity contribution in [2.24, 2.45) is 4.99 Å². The van der Waals surface area contributed by atoms with Crippen LogP contribution in [0.3, 0.4) is 0 Å². The van der Waals surface area contributed by atoms with E-state index in [0.717, 1.165) is 62.8 Å². The molecule has 3 rings (SSSR count). The number of ether oxygens (including phenoxy) is 2. The lowest BCUT2D eigenvalue weighted by Crippen LogP contribution is -2.38. The van der Waals surface area contributed by atoms with Crippen LogP contribution >= 0.6 is 0 Å². The Bertz CT molecular complexity index is 711. The van der Waals surface area contributed by atoms with E-state index in [1.807, 2.05) is 29.1 Å². The molecule has 1 saturated heterocycles. The van der Waals surface area contributed by atoms with Gasteiger partial charge in [-0.15, -0.1) is 0 Å². The molecule has 0 saturated carbocycles. The average molecular weight is 386 g/mol. The van der Waals surface area contributed by atoms with Gasteiger partial charge in [0, 0.05) is 38.7 Å². The van der Waals surface area contributed by atoms with E-state index in [1.165, 1.54) is 0 Å². The normalized spacial score (nSPS) is 17.0. The molecule has 1 unspecified atom stereocenters. The van der Waals surface area contributed by atoms with Gasteiger partial charge in [0.05, 0.1) is 24.9 Å². The van der Waals surface area contributed by atoms with Gasteiger partial charge in [-0.2, -0.15) is 5.10 Å². The third-order valence-electron chi connectivity index (χ3n) is 4.53. The highest BCUT2D eigenvalue weighted by Crippen LogP contribution is 2.12. The van der Waals surface area contributed by atoms with Gasteiger partial charge < -0.3 is 20.1 Å². The molecule has 1 aliphatic rings. The van der Waals surface area contributed by atoms with Crippen molar-refractivity contribution in [3.63, 3.8) is 0 Å². The molecular weight excluding hydrogens is 354 g/mol. The van der Waals surface area contributed by atoms with Crippen LogP contribution < -0.4 is 10.6 Å². The highest BCUT2D eigenvalue weighted by atomic mass is 16.5. The summed E-state index contributed by atoms with van der Waals surface area (Å²) >= 11 is 0. The van der Waals surface area contributed by atoms with Crippen molar-refractivity contribution in [2.75, 3.05) is 32.9 Å². The number of aromatic nitrogens is 2. The topological polar surface area (TPSA) is 72.7 Å². The van der Waals surface area contributed by atoms with Crippen molar-refractivity contribution >= 4 is 5.96 Å². The lowest BCUT2D eigenvalue weighted by molar-refractivity contribution is 0.0168. The number of hydrogen-bond acceptors (Lipinski definition) is 4. The van der Waals surface area contributed by atoms with E-state index >= 15 is 0 Å². The summed E-state index contributed by atoms with van der Waals surface area (Å²) in [6, 6.07) is 10.2. The first-order valence-electron chi connectivity index (χ1n) is 10.2. The van der Waals surface area contributed by atoms with Gasteiger partial charge in [0.25, 0.3) is 0 Å². The molecule has 0 radical (unpaired) electrons. The highest BCUT2D eigenvalue weighted by Gasteiger charge is 2.14. The van der Waals surface area contributed by atoms with Gasteiger partial charge in [-0.05, 0) is 49.9 Å². The molecule has 2 N–H and O–H groups in total. The van der Waals surface area contributed by atoms with Crippen molar-refractivity contribution in [2.45, 2.75) is 38.8 Å². The minimum Gasteiger partial charge on any atom is -0.379 e. The largest absolute Gasteiger partial charge is 0.379 e. The summed E-state index contributed by atoms with van der Waals surface area (Å²) in [6.07, 6.45) is 7.23. The summed E-state index contributed by atoms with van der Waals surface area (Å²) in [5.74, 6) is 0.825. The Kier molecular flexibility index (Phi) is 8.33. The van der Waals surface area contributed by atoms with Crippen molar-refractivity contribution in [3.05, 3.63) is 48.3 Å². The fourth-order valence-corrected chi connectivity index (χ4v) is 3.10. The number of rotatable bonds is 10. The summed E-state index contributed by atoms with van der Waals surface area (Å²) in [5, 5.41) is 10.9. The summed E-state index contributed by atoms with van der Waals surface area (Å²) in [7, 11) is 0. The van der Waals surface area contributed by atoms with Crippen LogP contribution in [0, 0.1) is 0 Å². The minimum absolute atomic E-state index is 0.296. The second-order valence-electron chi connectivity index (χ2n) is 6.81. The number of aliphatic imine (C=N–C) groups is 1. The number of nitrogens with zero attached hydrogens (tertiary/aromatic N) is 3. The maximum atomic E-state index is 5.70. The van der Waals surface area contributed by atoms with E-state index in [1.54, 1.807) is 6.20 Å². The molecule has 0 amide bonds. The lowest BCUT2D eigenvalue weighted by atomic mass is 10.2. The van der Waals surface area contributed by atoms with Crippen molar-refractivity contribution in [1.82, 2.24) is 20.4 Å². The Morgan fingerprint density at radius 3 is 3.11 bits per heavy atom. The Morgan fingerprint density at radius 2 is 2.32 bits per heavy atom. The van der Waals surface area contributed by atoms with E-state index in [0.29, 0.717) is 19.3 Å². The second kappa shape index (κ2) is 11.5. The fourth-order valence-electron chi connectivity index (χ4n) is 3.10. The molecule has 0 aliphatic carbocycles. The van der Waals surface area contributed by atoms with Crippen molar-refractivity contribution in [3.8, 4) is 5.69 Å². The monoisotopic (exact) mass is 385 g/mol. The zero-order valence-electron chi connectivity index (χ0n) is 16.6. The van der Waals surface area contributed by atoms with Crippen LogP contribution in [0.15, 0.2) is 47.7 Å². The van der Waals surface area contributed by atoms with Gasteiger partial charge in [0.1, 0.15) is 0 Å². The molecule has 28 heavy (non-hydrogen) atoms. The van der Waals surface area contributed by atoms with Gasteiger partial charge in [-0.3, -0.25) is 0 Å². The van der Waals surface area contributed by atoms with Crippen LogP contribution in [0.5, 0.6) is 0 Å². The van der Waals surface area contributed by atoms with Crippen LogP contribution in [0.4, 0.5) is 0 Å². The summed E-state index contributed by atoms with van der Waals surface area (Å²) in [4.78, 5) is 4.69. The van der Waals surface area contributed by atoms with Gasteiger partial charge in [-0.25, -0.2) is 9.67 Å². The van der Waals surface area contributed by atoms with Gasteiger partial charge in [-0.1, -0.05) is 12.1 Å². The highest BCUT2D eigenvalue weighted by molar-refractivity contribution is 5.79. The van der Waals surface area contributed by atoms with E-state index in [4.69, 9.17) is 14.5 Å². The molecule has 1 aromatic heterocycles. The van der Waals surface area contributed by atoms with Gasteiger partial charge in [0.2, 0.25) is 0 Å². The van der Waals surface area contributed by atoms with Crippen LogP contribution in [-0.2, 0) is 16.0 Å². The molecule has 0 bridgehead atoms. The number of guanidine groups is 1. The number of benzene rings is 1. The van der Waals surface area contributed by atoms with Crippen LogP contribution in [0.2, 0.25) is 0 Å². The first-order chi connectivity index (χ1) is 13.8. The molecular formula is C21H31N5O2. The molecule has 1 fully saturated rings. The smallest absolute Gasteiger partial charge is 0.191 e. The molecule has 1 aromatic carbocycles. The van der Waals surface area contributed by atoms with E-state index < -0.39 is 0 Å². The van der Waals surface area contributed by atoms with E-state index in [-0.39, 0.29) is 0 Å². The maximum Gasteiger partial charge on any atom is 0.191 e. The first-order valence-corrected chi connectivity index (χ1v) is 10.2. The summed E-state index contributed by atoms with van der Waals surface area (Å²) < 4.78 is 13.1. The Labute approximate surface area is 167 Å². The summed E-state index contributed by atoms with van der Waals surface area (Å²) in [6.45, 7) is 6.65. The van der Waals surface area contributed by atoms with Gasteiger partial charge in [0.15, 0.2) is 5.96 Å². The quantitative estimate of drug-likeness (QED) is 0.374. The van der Waals surface area contributed by atoms with Gasteiger partial charge >= 0.3 is 0 Å². The first kappa shape index (κ1) is 20.4. The molecule has 7 nitrogen and oxygen atoms in total. The van der Waals surface area contributed by atoms with Crippen LogP contribution in [-0.4, -0.2) is 54.8 Å². The standard InChI is InChI=1S/C21H31N5O2/c1-2-22-21(23-10-6-13-27-17-20-9-4-14-28-20)24-16-18-7-3-8-19(15-18)26-12-5-11-25-26/h3,5,7-8,11-12,15,20H,2,4,6,9-10,13-14,16-17H2,1H3,(H2,22,23,24). The Balaban J connectivity index is 1.41. The van der Waals surface area contributed by atoms with E-state index in [2.05, 4.69) is 34.8 Å². The SMILES string of the molecule is CCNC(=NCc1cccc(-n2cccn2)c1)NCCCOCC1CCCO1. The van der Waals surface area contributed by atoms with Crippen LogP contribution in [0.25, 0.3) is 5.69 Å². The zero-order valence-corrected chi connectivity index (χ0v) is 16.6. The molecule has 2 heterocycles. The van der Waals surface area contributed by atoms with Crippen molar-refractivity contribution < 1.29 is 9.47 Å². The lowest BCUT2D eigenvalue weighted by Gasteiger charge is -2.13. The molecule has 152 valence electrons. The molecule has 2 aromatic rings. The van der Waals surface area contributed by atoms with Crippen molar-refractivity contribution in [1.29, 1.82) is 0 Å². The average Bonchev–Trinajstić information content (AvgIpc) is 3.43. The zero-order chi connectivity index (χ0) is 19.4. The van der Waals surface area contributed by atoms with Crippen LogP contribution in [0.1, 0.15) is 31.7 Å². The maximum absolute atomic E-state index is 5.70. The predicted octanol–water partition coefficient (Wildman–Crippen LogP) is 2.51. The van der Waals surface area contributed by atoms with E-state index in [9.17, 15) is 0 Å². The second-order valence-corrected chi connectivity index (χ2v) is 6.81. The number of nitrogens with one attached hydrogen (secondary N) is 2. The summed E-state index contributed by atoms with van der Waals surface area (Å²) in [5.41, 5.74) is 2.18. The predicted molar refractivity (Wildman–Crippen MR) is 111 cm³/mol.